The van der Waals surface area contributed by atoms with Gasteiger partial charge in [0.05, 0.1) is 18.4 Å². The molecule has 1 aromatic rings. The molecule has 0 spiro atoms. The fourth-order valence-electron chi connectivity index (χ4n) is 2.47. The SMILES string of the molecule is NC(=S)c1cccc(CN2C(=O)C3CC3C2=O)c1F. The highest BCUT2D eigenvalue weighted by Gasteiger charge is 2.58. The highest BCUT2D eigenvalue weighted by molar-refractivity contribution is 7.80. The maximum absolute atomic E-state index is 14.1. The number of thiocarbonyl (C=S) groups is 1. The summed E-state index contributed by atoms with van der Waals surface area (Å²) < 4.78 is 14.1. The lowest BCUT2D eigenvalue weighted by Gasteiger charge is -2.17. The summed E-state index contributed by atoms with van der Waals surface area (Å²) in [6.07, 6.45) is 0.642. The van der Waals surface area contributed by atoms with Crippen molar-refractivity contribution in [3.63, 3.8) is 0 Å². The van der Waals surface area contributed by atoms with Crippen molar-refractivity contribution in [2.45, 2.75) is 13.0 Å². The van der Waals surface area contributed by atoms with E-state index in [1.807, 2.05) is 0 Å². The van der Waals surface area contributed by atoms with Crippen LogP contribution in [0.3, 0.4) is 0 Å². The Morgan fingerprint density at radius 3 is 2.58 bits per heavy atom. The molecule has 98 valence electrons. The molecule has 2 unspecified atom stereocenters. The molecule has 6 heteroatoms. The van der Waals surface area contributed by atoms with E-state index in [1.54, 1.807) is 6.07 Å². The fraction of sp³-hybridized carbons (Fsp3) is 0.308. The molecule has 2 fully saturated rings. The number of fused-ring (bicyclic) bond motifs is 1. The smallest absolute Gasteiger partial charge is 0.233 e. The van der Waals surface area contributed by atoms with E-state index in [1.165, 1.54) is 12.1 Å². The van der Waals surface area contributed by atoms with E-state index in [9.17, 15) is 14.0 Å². The van der Waals surface area contributed by atoms with Crippen LogP contribution in [0, 0.1) is 17.7 Å². The van der Waals surface area contributed by atoms with Gasteiger partial charge in [-0.05, 0) is 12.5 Å². The number of carbonyl (C=O) groups is 2. The van der Waals surface area contributed by atoms with Gasteiger partial charge in [-0.25, -0.2) is 4.39 Å². The van der Waals surface area contributed by atoms with Gasteiger partial charge >= 0.3 is 0 Å². The summed E-state index contributed by atoms with van der Waals surface area (Å²) in [4.78, 5) is 24.7. The van der Waals surface area contributed by atoms with Crippen molar-refractivity contribution in [2.75, 3.05) is 0 Å². The number of nitrogens with zero attached hydrogens (tertiary/aromatic N) is 1. The molecule has 3 rings (SSSR count). The minimum atomic E-state index is -0.559. The van der Waals surface area contributed by atoms with Crippen LogP contribution in [0.25, 0.3) is 0 Å². The van der Waals surface area contributed by atoms with E-state index in [2.05, 4.69) is 0 Å². The molecular formula is C13H11FN2O2S. The van der Waals surface area contributed by atoms with Gasteiger partial charge in [0, 0.05) is 11.1 Å². The molecule has 1 aromatic carbocycles. The third kappa shape index (κ3) is 1.83. The first kappa shape index (κ1) is 12.2. The van der Waals surface area contributed by atoms with Crippen LogP contribution < -0.4 is 5.73 Å². The van der Waals surface area contributed by atoms with E-state index in [-0.39, 0.29) is 46.3 Å². The van der Waals surface area contributed by atoms with Crippen LogP contribution in [0.2, 0.25) is 0 Å². The molecule has 0 bridgehead atoms. The number of carbonyl (C=O) groups excluding carboxylic acids is 2. The number of halogens is 1. The number of nitrogens with two attached hydrogens (primary N) is 1. The Labute approximate surface area is 114 Å². The second kappa shape index (κ2) is 4.09. The van der Waals surface area contributed by atoms with Crippen LogP contribution in [-0.4, -0.2) is 21.7 Å². The summed E-state index contributed by atoms with van der Waals surface area (Å²) in [5, 5.41) is 0. The molecule has 1 aliphatic heterocycles. The van der Waals surface area contributed by atoms with Gasteiger partial charge in [0.2, 0.25) is 11.8 Å². The molecule has 2 aliphatic rings. The number of hydrogen-bond donors (Lipinski definition) is 1. The number of imide groups is 1. The maximum atomic E-state index is 14.1. The van der Waals surface area contributed by atoms with Gasteiger partial charge in [0.1, 0.15) is 10.8 Å². The molecule has 2 atom stereocenters. The van der Waals surface area contributed by atoms with Crippen LogP contribution in [-0.2, 0) is 16.1 Å². The quantitative estimate of drug-likeness (QED) is 0.661. The summed E-state index contributed by atoms with van der Waals surface area (Å²) in [6.45, 7) is -0.0487. The summed E-state index contributed by atoms with van der Waals surface area (Å²) in [5.74, 6) is -1.30. The van der Waals surface area contributed by atoms with Crippen LogP contribution in [0.1, 0.15) is 17.5 Å². The van der Waals surface area contributed by atoms with Crippen molar-refractivity contribution in [1.29, 1.82) is 0 Å². The third-order valence-corrected chi connectivity index (χ3v) is 3.85. The van der Waals surface area contributed by atoms with Crippen molar-refractivity contribution < 1.29 is 14.0 Å². The van der Waals surface area contributed by atoms with E-state index in [0.29, 0.717) is 6.42 Å². The van der Waals surface area contributed by atoms with E-state index >= 15 is 0 Å². The minimum absolute atomic E-state index is 0.0405. The second-order valence-electron chi connectivity index (χ2n) is 4.85. The Hall–Kier alpha value is -1.82. The standard InChI is InChI=1S/C13H11FN2O2S/c14-10-6(2-1-3-7(10)11(15)19)5-16-12(17)8-4-9(8)13(16)18/h1-3,8-9H,4-5H2,(H2,15,19). The van der Waals surface area contributed by atoms with Crippen molar-refractivity contribution in [3.05, 3.63) is 35.1 Å². The predicted molar refractivity (Wildman–Crippen MR) is 69.4 cm³/mol. The first-order valence-corrected chi connectivity index (χ1v) is 6.34. The number of likely N-dealkylation sites (tertiary alicyclic amines) is 1. The zero-order chi connectivity index (χ0) is 13.7. The van der Waals surface area contributed by atoms with Gasteiger partial charge in [-0.3, -0.25) is 14.5 Å². The van der Waals surface area contributed by atoms with Gasteiger partial charge in [-0.2, -0.15) is 0 Å². The van der Waals surface area contributed by atoms with Crippen LogP contribution in [0.15, 0.2) is 18.2 Å². The second-order valence-corrected chi connectivity index (χ2v) is 5.29. The molecule has 1 heterocycles. The van der Waals surface area contributed by atoms with Gasteiger partial charge in [0.15, 0.2) is 0 Å². The van der Waals surface area contributed by atoms with E-state index < -0.39 is 5.82 Å². The first-order chi connectivity index (χ1) is 9.00. The first-order valence-electron chi connectivity index (χ1n) is 5.93. The average molecular weight is 278 g/mol. The lowest BCUT2D eigenvalue weighted by atomic mass is 10.1. The highest BCUT2D eigenvalue weighted by atomic mass is 32.1. The van der Waals surface area contributed by atoms with Crippen molar-refractivity contribution in [2.24, 2.45) is 17.6 Å². The largest absolute Gasteiger partial charge is 0.389 e. The lowest BCUT2D eigenvalue weighted by molar-refractivity contribution is -0.142. The Bertz CT molecular complexity index is 597. The van der Waals surface area contributed by atoms with Gasteiger partial charge in [-0.1, -0.05) is 24.4 Å². The van der Waals surface area contributed by atoms with Crippen molar-refractivity contribution >= 4 is 29.0 Å². The summed E-state index contributed by atoms with van der Waals surface area (Å²) in [5.41, 5.74) is 5.81. The molecule has 4 nitrogen and oxygen atoms in total. The Balaban J connectivity index is 1.88. The third-order valence-electron chi connectivity index (χ3n) is 3.63. The fourth-order valence-corrected chi connectivity index (χ4v) is 2.63. The summed E-state index contributed by atoms with van der Waals surface area (Å²) in [7, 11) is 0. The normalized spacial score (nSPS) is 24.6. The predicted octanol–water partition coefficient (Wildman–Crippen LogP) is 0.965. The average Bonchev–Trinajstić information content (AvgIpc) is 3.11. The molecule has 1 saturated carbocycles. The molecule has 1 saturated heterocycles. The topological polar surface area (TPSA) is 63.4 Å². The lowest BCUT2D eigenvalue weighted by Crippen LogP contribution is -2.32. The molecular weight excluding hydrogens is 267 g/mol. The van der Waals surface area contributed by atoms with E-state index in [4.69, 9.17) is 18.0 Å². The van der Waals surface area contributed by atoms with Gasteiger partial charge in [-0.15, -0.1) is 0 Å². The maximum Gasteiger partial charge on any atom is 0.233 e. The highest BCUT2D eigenvalue weighted by Crippen LogP contribution is 2.47. The number of hydrogen-bond acceptors (Lipinski definition) is 3. The molecule has 0 aromatic heterocycles. The van der Waals surface area contributed by atoms with Crippen LogP contribution in [0.4, 0.5) is 4.39 Å². The van der Waals surface area contributed by atoms with Crippen molar-refractivity contribution in [3.8, 4) is 0 Å². The number of piperidine rings is 1. The Morgan fingerprint density at radius 1 is 1.37 bits per heavy atom. The van der Waals surface area contributed by atoms with Gasteiger partial charge in [0.25, 0.3) is 0 Å². The van der Waals surface area contributed by atoms with Gasteiger partial charge < -0.3 is 5.73 Å². The summed E-state index contributed by atoms with van der Waals surface area (Å²) in [6, 6.07) is 4.62. The van der Waals surface area contributed by atoms with Crippen molar-refractivity contribution in [1.82, 2.24) is 4.90 Å². The number of amides is 2. The number of benzene rings is 1. The Morgan fingerprint density at radius 2 is 2.00 bits per heavy atom. The van der Waals surface area contributed by atoms with E-state index in [0.717, 1.165) is 4.90 Å². The zero-order valence-corrected chi connectivity index (χ0v) is 10.7. The molecule has 2 amide bonds. The van der Waals surface area contributed by atoms with Crippen LogP contribution >= 0.6 is 12.2 Å². The van der Waals surface area contributed by atoms with Crippen LogP contribution in [0.5, 0.6) is 0 Å². The molecule has 1 aliphatic carbocycles. The molecule has 0 radical (unpaired) electrons. The minimum Gasteiger partial charge on any atom is -0.389 e. The Kier molecular flexibility index (Phi) is 2.63. The molecule has 19 heavy (non-hydrogen) atoms. The summed E-state index contributed by atoms with van der Waals surface area (Å²) >= 11 is 4.75. The zero-order valence-electron chi connectivity index (χ0n) is 9.93. The monoisotopic (exact) mass is 278 g/mol. The number of rotatable bonds is 3. The molecule has 2 N–H and O–H groups in total.